The Kier molecular flexibility index (Phi) is 7.36. The highest BCUT2D eigenvalue weighted by Crippen LogP contribution is 2.29. The van der Waals surface area contributed by atoms with E-state index in [9.17, 15) is 8.42 Å². The number of ether oxygens (including phenoxy) is 2. The summed E-state index contributed by atoms with van der Waals surface area (Å²) in [7, 11) is -2.91. The molecule has 0 spiro atoms. The molecule has 0 atom stereocenters. The predicted octanol–water partition coefficient (Wildman–Crippen LogP) is 2.72. The lowest BCUT2D eigenvalue weighted by atomic mass is 10.2. The summed E-state index contributed by atoms with van der Waals surface area (Å²) in [4.78, 5) is 0. The highest BCUT2D eigenvalue weighted by Gasteiger charge is 2.08. The van der Waals surface area contributed by atoms with Crippen LogP contribution in [0, 0.1) is 0 Å². The van der Waals surface area contributed by atoms with Gasteiger partial charge in [0.15, 0.2) is 0 Å². The van der Waals surface area contributed by atoms with E-state index in [2.05, 4.69) is 5.32 Å². The lowest BCUT2D eigenvalue weighted by Gasteiger charge is -2.14. The molecule has 21 heavy (non-hydrogen) atoms. The maximum atomic E-state index is 11.4. The van der Waals surface area contributed by atoms with Crippen LogP contribution in [-0.4, -0.2) is 39.7 Å². The van der Waals surface area contributed by atoms with Gasteiger partial charge < -0.3 is 14.8 Å². The van der Waals surface area contributed by atoms with Crippen molar-refractivity contribution in [2.24, 2.45) is 0 Å². The fourth-order valence-electron chi connectivity index (χ4n) is 1.84. The number of nitrogens with one attached hydrogen (secondary N) is 1. The summed E-state index contributed by atoms with van der Waals surface area (Å²) >= 11 is 0. The Balaban J connectivity index is 2.64. The van der Waals surface area contributed by atoms with Crippen molar-refractivity contribution in [2.75, 3.05) is 36.6 Å². The van der Waals surface area contributed by atoms with Crippen LogP contribution in [0.3, 0.4) is 0 Å². The van der Waals surface area contributed by atoms with Gasteiger partial charge in [-0.3, -0.25) is 0 Å². The van der Waals surface area contributed by atoms with Gasteiger partial charge in [-0.2, -0.15) is 0 Å². The summed E-state index contributed by atoms with van der Waals surface area (Å²) in [5, 5.41) is 3.22. The van der Waals surface area contributed by atoms with Crippen LogP contribution < -0.4 is 14.8 Å². The summed E-state index contributed by atoms with van der Waals surface area (Å²) in [5.74, 6) is 1.91. The SMILES string of the molecule is CCOc1ccc(OCC)c(NCCCS(=O)(=O)CC)c1. The van der Waals surface area contributed by atoms with Gasteiger partial charge in [0.2, 0.25) is 0 Å². The molecule has 1 aromatic rings. The predicted molar refractivity (Wildman–Crippen MR) is 86.2 cm³/mol. The summed E-state index contributed by atoms with van der Waals surface area (Å²) in [5.41, 5.74) is 0.830. The maximum Gasteiger partial charge on any atom is 0.150 e. The molecule has 0 amide bonds. The molecule has 0 fully saturated rings. The highest BCUT2D eigenvalue weighted by molar-refractivity contribution is 7.91. The Hall–Kier alpha value is -1.43. The van der Waals surface area contributed by atoms with Crippen molar-refractivity contribution in [2.45, 2.75) is 27.2 Å². The van der Waals surface area contributed by atoms with Crippen LogP contribution in [0.15, 0.2) is 18.2 Å². The van der Waals surface area contributed by atoms with Gasteiger partial charge in [0.05, 0.1) is 24.7 Å². The molecule has 0 heterocycles. The third-order valence-electron chi connectivity index (χ3n) is 2.95. The number of hydrogen-bond donors (Lipinski definition) is 1. The smallest absolute Gasteiger partial charge is 0.150 e. The first-order chi connectivity index (χ1) is 10.0. The van der Waals surface area contributed by atoms with Crippen molar-refractivity contribution in [3.63, 3.8) is 0 Å². The minimum absolute atomic E-state index is 0.191. The molecule has 1 rings (SSSR count). The number of benzene rings is 1. The van der Waals surface area contributed by atoms with Gasteiger partial charge >= 0.3 is 0 Å². The highest BCUT2D eigenvalue weighted by atomic mass is 32.2. The number of rotatable bonds is 10. The second-order valence-corrected chi connectivity index (χ2v) is 7.01. The van der Waals surface area contributed by atoms with E-state index in [-0.39, 0.29) is 11.5 Å². The van der Waals surface area contributed by atoms with Crippen molar-refractivity contribution in [1.82, 2.24) is 0 Å². The molecule has 0 aromatic heterocycles. The van der Waals surface area contributed by atoms with Crippen LogP contribution in [0.2, 0.25) is 0 Å². The zero-order chi connectivity index (χ0) is 15.7. The van der Waals surface area contributed by atoms with E-state index < -0.39 is 9.84 Å². The van der Waals surface area contributed by atoms with Crippen LogP contribution in [-0.2, 0) is 9.84 Å². The summed E-state index contributed by atoms with van der Waals surface area (Å²) in [6.45, 7) is 7.28. The third kappa shape index (κ3) is 6.25. The lowest BCUT2D eigenvalue weighted by molar-refractivity contribution is 0.332. The molecule has 0 unspecified atom stereocenters. The Bertz CT molecular complexity index is 528. The maximum absolute atomic E-state index is 11.4. The van der Waals surface area contributed by atoms with E-state index in [1.165, 1.54) is 0 Å². The van der Waals surface area contributed by atoms with Crippen LogP contribution in [0.25, 0.3) is 0 Å². The second kappa shape index (κ2) is 8.77. The molecule has 1 aromatic carbocycles. The first-order valence-corrected chi connectivity index (χ1v) is 9.18. The number of sulfone groups is 1. The molecule has 1 N–H and O–H groups in total. The van der Waals surface area contributed by atoms with Gasteiger partial charge in [-0.05, 0) is 32.4 Å². The number of hydrogen-bond acceptors (Lipinski definition) is 5. The van der Waals surface area contributed by atoms with E-state index in [4.69, 9.17) is 9.47 Å². The Morgan fingerprint density at radius 1 is 1.10 bits per heavy atom. The standard InChI is InChI=1S/C15H25NO4S/c1-4-19-13-8-9-15(20-5-2)14(12-13)16-10-7-11-21(17,18)6-3/h8-9,12,16H,4-7,10-11H2,1-3H3. The molecule has 0 aliphatic carbocycles. The monoisotopic (exact) mass is 315 g/mol. The summed E-state index contributed by atoms with van der Waals surface area (Å²) < 4.78 is 33.9. The zero-order valence-electron chi connectivity index (χ0n) is 13.0. The van der Waals surface area contributed by atoms with Crippen LogP contribution >= 0.6 is 0 Å². The van der Waals surface area contributed by atoms with Crippen molar-refractivity contribution in [3.05, 3.63) is 18.2 Å². The van der Waals surface area contributed by atoms with Crippen LogP contribution in [0.4, 0.5) is 5.69 Å². The topological polar surface area (TPSA) is 64.6 Å². The average Bonchev–Trinajstić information content (AvgIpc) is 2.46. The van der Waals surface area contributed by atoms with Gasteiger partial charge in [0, 0.05) is 18.4 Å². The molecule has 120 valence electrons. The van der Waals surface area contributed by atoms with Crippen molar-refractivity contribution in [1.29, 1.82) is 0 Å². The molecular weight excluding hydrogens is 290 g/mol. The molecule has 0 aliphatic heterocycles. The molecule has 0 radical (unpaired) electrons. The first-order valence-electron chi connectivity index (χ1n) is 7.36. The van der Waals surface area contributed by atoms with Gasteiger partial charge in [0.25, 0.3) is 0 Å². The van der Waals surface area contributed by atoms with Gasteiger partial charge in [-0.1, -0.05) is 6.92 Å². The summed E-state index contributed by atoms with van der Waals surface area (Å²) in [6, 6.07) is 5.60. The van der Waals surface area contributed by atoms with Crippen LogP contribution in [0.5, 0.6) is 11.5 Å². The van der Waals surface area contributed by atoms with Crippen molar-refractivity contribution >= 4 is 15.5 Å². The lowest BCUT2D eigenvalue weighted by Crippen LogP contribution is -2.13. The fourth-order valence-corrected chi connectivity index (χ4v) is 2.72. The molecule has 0 saturated carbocycles. The first kappa shape index (κ1) is 17.6. The van der Waals surface area contributed by atoms with Crippen molar-refractivity contribution in [3.8, 4) is 11.5 Å². The molecule has 0 aliphatic rings. The minimum atomic E-state index is -2.91. The third-order valence-corrected chi connectivity index (χ3v) is 4.74. The van der Waals surface area contributed by atoms with Crippen LogP contribution in [0.1, 0.15) is 27.2 Å². The largest absolute Gasteiger partial charge is 0.494 e. The molecule has 0 bridgehead atoms. The molecule has 5 nitrogen and oxygen atoms in total. The molecular formula is C15H25NO4S. The molecule has 6 heteroatoms. The van der Waals surface area contributed by atoms with Crippen molar-refractivity contribution < 1.29 is 17.9 Å². The normalized spacial score (nSPS) is 11.2. The minimum Gasteiger partial charge on any atom is -0.494 e. The Morgan fingerprint density at radius 2 is 1.81 bits per heavy atom. The number of anilines is 1. The Labute approximate surface area is 127 Å². The van der Waals surface area contributed by atoms with E-state index in [1.54, 1.807) is 6.92 Å². The van der Waals surface area contributed by atoms with E-state index in [0.717, 1.165) is 17.2 Å². The second-order valence-electron chi connectivity index (χ2n) is 4.54. The molecule has 0 saturated heterocycles. The van der Waals surface area contributed by atoms with E-state index in [1.807, 2.05) is 32.0 Å². The quantitative estimate of drug-likeness (QED) is 0.673. The fraction of sp³-hybridized carbons (Fsp3) is 0.600. The van der Waals surface area contributed by atoms with E-state index >= 15 is 0 Å². The van der Waals surface area contributed by atoms with E-state index in [0.29, 0.717) is 26.2 Å². The van der Waals surface area contributed by atoms with Gasteiger partial charge in [0.1, 0.15) is 21.3 Å². The van der Waals surface area contributed by atoms with Gasteiger partial charge in [-0.25, -0.2) is 8.42 Å². The summed E-state index contributed by atoms with van der Waals surface area (Å²) in [6.07, 6.45) is 0.570. The van der Waals surface area contributed by atoms with Gasteiger partial charge in [-0.15, -0.1) is 0 Å². The zero-order valence-corrected chi connectivity index (χ0v) is 13.8. The Morgan fingerprint density at radius 3 is 2.43 bits per heavy atom. The average molecular weight is 315 g/mol.